The number of rotatable bonds is 7. The molecule has 1 heterocycles. The summed E-state index contributed by atoms with van der Waals surface area (Å²) in [4.78, 5) is 40.0. The molecule has 0 radical (unpaired) electrons. The molecule has 1 saturated heterocycles. The van der Waals surface area contributed by atoms with Crippen LogP contribution in [0.2, 0.25) is 0 Å². The van der Waals surface area contributed by atoms with E-state index in [-0.39, 0.29) is 23.6 Å². The molecule has 3 amide bonds. The van der Waals surface area contributed by atoms with Crippen molar-refractivity contribution in [2.45, 2.75) is 26.2 Å². The number of benzene rings is 2. The van der Waals surface area contributed by atoms with Crippen LogP contribution in [0.3, 0.4) is 0 Å². The first-order valence-electron chi connectivity index (χ1n) is 11.2. The van der Waals surface area contributed by atoms with Crippen LogP contribution in [0.15, 0.2) is 36.4 Å². The lowest BCUT2D eigenvalue weighted by molar-refractivity contribution is -0.117. The van der Waals surface area contributed by atoms with E-state index >= 15 is 0 Å². The molecule has 4 rings (SSSR count). The molecule has 0 bridgehead atoms. The summed E-state index contributed by atoms with van der Waals surface area (Å²) in [5.41, 5.74) is 1.76. The summed E-state index contributed by atoms with van der Waals surface area (Å²) >= 11 is 0. The first kappa shape index (κ1) is 22.6. The second-order valence-electron chi connectivity index (χ2n) is 8.59. The van der Waals surface area contributed by atoms with Crippen LogP contribution in [0.4, 0.5) is 11.4 Å². The maximum atomic E-state index is 13.1. The summed E-state index contributed by atoms with van der Waals surface area (Å²) in [5.74, 6) is 0.817. The molecule has 2 aromatic rings. The Morgan fingerprint density at radius 3 is 2.12 bits per heavy atom. The van der Waals surface area contributed by atoms with E-state index in [1.54, 1.807) is 41.3 Å². The normalized spacial score (nSPS) is 19.1. The SMILES string of the molecule is COc1cc(NC(=O)c2ccc(NC(=O)C3CC3C)cc2)c(C(=O)N2CCCC2)cc1OC. The van der Waals surface area contributed by atoms with Gasteiger partial charge in [0, 0.05) is 36.3 Å². The second kappa shape index (κ2) is 9.52. The van der Waals surface area contributed by atoms with Crippen LogP contribution < -0.4 is 20.1 Å². The highest BCUT2D eigenvalue weighted by Gasteiger charge is 2.39. The van der Waals surface area contributed by atoms with Gasteiger partial charge >= 0.3 is 0 Å². The second-order valence-corrected chi connectivity index (χ2v) is 8.59. The van der Waals surface area contributed by atoms with Crippen molar-refractivity contribution in [1.29, 1.82) is 0 Å². The topological polar surface area (TPSA) is 97.0 Å². The molecular weight excluding hydrogens is 422 g/mol. The Hall–Kier alpha value is -3.55. The van der Waals surface area contributed by atoms with E-state index in [0.717, 1.165) is 19.3 Å². The maximum absolute atomic E-state index is 13.1. The van der Waals surface area contributed by atoms with E-state index in [1.807, 2.05) is 0 Å². The van der Waals surface area contributed by atoms with Gasteiger partial charge in [0.25, 0.3) is 11.8 Å². The van der Waals surface area contributed by atoms with Gasteiger partial charge in [-0.15, -0.1) is 0 Å². The molecule has 2 fully saturated rings. The number of hydrogen-bond donors (Lipinski definition) is 2. The fourth-order valence-corrected chi connectivity index (χ4v) is 4.07. The smallest absolute Gasteiger partial charge is 0.256 e. The Bertz CT molecular complexity index is 1060. The van der Waals surface area contributed by atoms with Crippen LogP contribution in [-0.4, -0.2) is 49.9 Å². The van der Waals surface area contributed by atoms with E-state index in [4.69, 9.17) is 9.47 Å². The summed E-state index contributed by atoms with van der Waals surface area (Å²) in [6.07, 6.45) is 2.84. The molecule has 2 aliphatic rings. The fraction of sp³-hybridized carbons (Fsp3) is 0.400. The number of hydrogen-bond acceptors (Lipinski definition) is 5. The van der Waals surface area contributed by atoms with Crippen molar-refractivity contribution in [2.75, 3.05) is 37.9 Å². The van der Waals surface area contributed by atoms with Crippen molar-refractivity contribution in [2.24, 2.45) is 11.8 Å². The molecule has 0 spiro atoms. The minimum atomic E-state index is -0.369. The molecule has 1 saturated carbocycles. The zero-order chi connectivity index (χ0) is 23.5. The van der Waals surface area contributed by atoms with Crippen molar-refractivity contribution in [3.05, 3.63) is 47.5 Å². The fourth-order valence-electron chi connectivity index (χ4n) is 4.07. The summed E-state index contributed by atoms with van der Waals surface area (Å²) in [6, 6.07) is 9.89. The van der Waals surface area contributed by atoms with Crippen LogP contribution in [0.5, 0.6) is 11.5 Å². The van der Waals surface area contributed by atoms with Crippen molar-refractivity contribution in [1.82, 2.24) is 4.90 Å². The standard InChI is InChI=1S/C25H29N3O5/c1-15-12-18(15)24(30)26-17-8-6-16(7-9-17)23(29)27-20-14-22(33-3)21(32-2)13-19(20)25(31)28-10-4-5-11-28/h6-9,13-15,18H,4-5,10-12H2,1-3H3,(H,26,30)(H,27,29). The van der Waals surface area contributed by atoms with Gasteiger partial charge in [0.2, 0.25) is 5.91 Å². The summed E-state index contributed by atoms with van der Waals surface area (Å²) in [6.45, 7) is 3.43. The van der Waals surface area contributed by atoms with E-state index < -0.39 is 0 Å². The lowest BCUT2D eigenvalue weighted by atomic mass is 10.1. The van der Waals surface area contributed by atoms with Crippen molar-refractivity contribution in [3.8, 4) is 11.5 Å². The summed E-state index contributed by atoms with van der Waals surface area (Å²) < 4.78 is 10.7. The molecule has 1 aliphatic carbocycles. The van der Waals surface area contributed by atoms with Crippen molar-refractivity contribution >= 4 is 29.1 Å². The average Bonchev–Trinajstić information content (AvgIpc) is 3.31. The first-order chi connectivity index (χ1) is 15.9. The number of nitrogens with one attached hydrogen (secondary N) is 2. The molecule has 1 aliphatic heterocycles. The molecule has 33 heavy (non-hydrogen) atoms. The number of carbonyl (C=O) groups excluding carboxylic acids is 3. The number of amides is 3. The molecular formula is C25H29N3O5. The van der Waals surface area contributed by atoms with Gasteiger partial charge in [0.05, 0.1) is 25.5 Å². The number of carbonyl (C=O) groups is 3. The van der Waals surface area contributed by atoms with Crippen LogP contribution in [0.1, 0.15) is 46.9 Å². The van der Waals surface area contributed by atoms with E-state index in [0.29, 0.717) is 53.0 Å². The summed E-state index contributed by atoms with van der Waals surface area (Å²) in [7, 11) is 3.01. The number of anilines is 2. The minimum absolute atomic E-state index is 0.00935. The van der Waals surface area contributed by atoms with Crippen molar-refractivity contribution < 1.29 is 23.9 Å². The minimum Gasteiger partial charge on any atom is -0.493 e. The van der Waals surface area contributed by atoms with Gasteiger partial charge in [-0.05, 0) is 55.5 Å². The van der Waals surface area contributed by atoms with Crippen LogP contribution in [0.25, 0.3) is 0 Å². The monoisotopic (exact) mass is 451 g/mol. The van der Waals surface area contributed by atoms with E-state index in [2.05, 4.69) is 17.6 Å². The van der Waals surface area contributed by atoms with Gasteiger partial charge in [-0.3, -0.25) is 14.4 Å². The van der Waals surface area contributed by atoms with Crippen LogP contribution >= 0.6 is 0 Å². The molecule has 2 N–H and O–H groups in total. The highest BCUT2D eigenvalue weighted by Crippen LogP contribution is 2.38. The first-order valence-corrected chi connectivity index (χ1v) is 11.2. The van der Waals surface area contributed by atoms with Gasteiger partial charge in [-0.2, -0.15) is 0 Å². The van der Waals surface area contributed by atoms with E-state index in [1.165, 1.54) is 14.2 Å². The molecule has 174 valence electrons. The third kappa shape index (κ3) is 4.94. The Morgan fingerprint density at radius 2 is 1.55 bits per heavy atom. The zero-order valence-corrected chi connectivity index (χ0v) is 19.1. The van der Waals surface area contributed by atoms with Gasteiger partial charge < -0.3 is 25.0 Å². The number of ether oxygens (including phenoxy) is 2. The molecule has 8 heteroatoms. The van der Waals surface area contributed by atoms with Crippen molar-refractivity contribution in [3.63, 3.8) is 0 Å². The lowest BCUT2D eigenvalue weighted by Crippen LogP contribution is -2.29. The highest BCUT2D eigenvalue weighted by molar-refractivity contribution is 6.09. The lowest BCUT2D eigenvalue weighted by Gasteiger charge is -2.20. The summed E-state index contributed by atoms with van der Waals surface area (Å²) in [5, 5.41) is 5.72. The average molecular weight is 452 g/mol. The number of likely N-dealkylation sites (tertiary alicyclic amines) is 1. The number of methoxy groups -OCH3 is 2. The largest absolute Gasteiger partial charge is 0.493 e. The van der Waals surface area contributed by atoms with Gasteiger partial charge in [0.1, 0.15) is 0 Å². The van der Waals surface area contributed by atoms with Crippen LogP contribution in [0, 0.1) is 11.8 Å². The van der Waals surface area contributed by atoms with Gasteiger partial charge in [-0.25, -0.2) is 0 Å². The predicted octanol–water partition coefficient (Wildman–Crippen LogP) is 3.79. The van der Waals surface area contributed by atoms with Gasteiger partial charge in [0.15, 0.2) is 11.5 Å². The molecule has 0 aromatic heterocycles. The van der Waals surface area contributed by atoms with Gasteiger partial charge in [-0.1, -0.05) is 6.92 Å². The Balaban J connectivity index is 1.53. The molecule has 2 atom stereocenters. The maximum Gasteiger partial charge on any atom is 0.256 e. The molecule has 2 aromatic carbocycles. The molecule has 2 unspecified atom stereocenters. The third-order valence-electron chi connectivity index (χ3n) is 6.26. The predicted molar refractivity (Wildman–Crippen MR) is 125 cm³/mol. The van der Waals surface area contributed by atoms with E-state index in [9.17, 15) is 14.4 Å². The highest BCUT2D eigenvalue weighted by atomic mass is 16.5. The zero-order valence-electron chi connectivity index (χ0n) is 19.1. The number of nitrogens with zero attached hydrogens (tertiary/aromatic N) is 1. The molecule has 8 nitrogen and oxygen atoms in total. The Labute approximate surface area is 193 Å². The Morgan fingerprint density at radius 1 is 0.939 bits per heavy atom. The Kier molecular flexibility index (Phi) is 6.53. The third-order valence-corrected chi connectivity index (χ3v) is 6.26. The van der Waals surface area contributed by atoms with Crippen LogP contribution in [-0.2, 0) is 4.79 Å². The quantitative estimate of drug-likeness (QED) is 0.668.